The molecule has 0 spiro atoms. The van der Waals surface area contributed by atoms with Gasteiger partial charge in [0.15, 0.2) is 0 Å². The fourth-order valence-electron chi connectivity index (χ4n) is 4.76. The summed E-state index contributed by atoms with van der Waals surface area (Å²) in [5.74, 6) is 0.576. The van der Waals surface area contributed by atoms with Crippen molar-refractivity contribution >= 4 is 21.6 Å². The summed E-state index contributed by atoms with van der Waals surface area (Å²) in [5, 5.41) is 0.830. The van der Waals surface area contributed by atoms with Crippen molar-refractivity contribution in [1.29, 1.82) is 0 Å². The maximum Gasteiger partial charge on any atom is 0.259 e. The quantitative estimate of drug-likeness (QED) is 0.688. The van der Waals surface area contributed by atoms with Gasteiger partial charge in [-0.25, -0.2) is 9.37 Å². The number of nitrogens with one attached hydrogen (secondary N) is 1. The van der Waals surface area contributed by atoms with Crippen molar-refractivity contribution < 1.29 is 4.39 Å². The number of benzene rings is 1. The third-order valence-corrected chi connectivity index (χ3v) is 7.74. The van der Waals surface area contributed by atoms with Crippen LogP contribution in [0.3, 0.4) is 0 Å². The van der Waals surface area contributed by atoms with Crippen molar-refractivity contribution in [3.05, 3.63) is 62.3 Å². The molecule has 1 saturated heterocycles. The molecule has 1 N–H and O–H groups in total. The van der Waals surface area contributed by atoms with Crippen LogP contribution in [0.5, 0.6) is 0 Å². The van der Waals surface area contributed by atoms with Gasteiger partial charge in [0, 0.05) is 37.1 Å². The van der Waals surface area contributed by atoms with Crippen molar-refractivity contribution in [1.82, 2.24) is 19.8 Å². The van der Waals surface area contributed by atoms with Gasteiger partial charge in [-0.2, -0.15) is 0 Å². The van der Waals surface area contributed by atoms with Gasteiger partial charge in [0.2, 0.25) is 0 Å². The number of halogens is 1. The lowest BCUT2D eigenvalue weighted by atomic mass is 9.97. The minimum atomic E-state index is -0.194. The highest BCUT2D eigenvalue weighted by molar-refractivity contribution is 7.18. The molecule has 7 heteroatoms. The monoisotopic (exact) mass is 426 g/mol. The second kappa shape index (κ2) is 8.21. The number of aromatic nitrogens is 2. The largest absolute Gasteiger partial charge is 0.309 e. The summed E-state index contributed by atoms with van der Waals surface area (Å²) < 4.78 is 13.2. The van der Waals surface area contributed by atoms with Gasteiger partial charge in [0.05, 0.1) is 11.9 Å². The molecule has 0 unspecified atom stereocenters. The summed E-state index contributed by atoms with van der Waals surface area (Å²) in [5.41, 5.74) is 2.41. The molecule has 1 atom stereocenters. The van der Waals surface area contributed by atoms with E-state index in [1.807, 2.05) is 12.1 Å². The number of hydrogen-bond donors (Lipinski definition) is 1. The first-order chi connectivity index (χ1) is 14.6. The molecule has 0 amide bonds. The Labute approximate surface area is 179 Å². The second-order valence-corrected chi connectivity index (χ2v) is 9.53. The average Bonchev–Trinajstić information content (AvgIpc) is 3.13. The summed E-state index contributed by atoms with van der Waals surface area (Å²) >= 11 is 1.71. The van der Waals surface area contributed by atoms with E-state index in [4.69, 9.17) is 4.98 Å². The molecule has 2 aliphatic rings. The van der Waals surface area contributed by atoms with E-state index < -0.39 is 0 Å². The zero-order valence-corrected chi connectivity index (χ0v) is 18.1. The molecule has 1 aliphatic carbocycles. The van der Waals surface area contributed by atoms with Crippen LogP contribution in [0.25, 0.3) is 10.2 Å². The first kappa shape index (κ1) is 19.8. The number of rotatable bonds is 4. The van der Waals surface area contributed by atoms with Crippen molar-refractivity contribution in [2.75, 3.05) is 26.2 Å². The highest BCUT2D eigenvalue weighted by Gasteiger charge is 2.24. The van der Waals surface area contributed by atoms with E-state index >= 15 is 0 Å². The molecular formula is C23H27FN4OS. The normalized spacial score (nSPS) is 19.1. The van der Waals surface area contributed by atoms with E-state index in [1.54, 1.807) is 11.3 Å². The Balaban J connectivity index is 1.26. The van der Waals surface area contributed by atoms with Crippen LogP contribution in [-0.4, -0.2) is 45.9 Å². The minimum Gasteiger partial charge on any atom is -0.309 e. The van der Waals surface area contributed by atoms with Crippen LogP contribution in [0.2, 0.25) is 0 Å². The highest BCUT2D eigenvalue weighted by Crippen LogP contribution is 2.33. The lowest BCUT2D eigenvalue weighted by Gasteiger charge is -2.38. The van der Waals surface area contributed by atoms with E-state index in [0.29, 0.717) is 6.54 Å². The molecule has 0 radical (unpaired) electrons. The Hall–Kier alpha value is -2.09. The number of nitrogens with zero attached hydrogens (tertiary/aromatic N) is 3. The molecule has 3 heterocycles. The standard InChI is InChI=1S/C23H27FN4OS/c1-15(16-6-8-17(24)9-7-16)28-12-10-27(11-13-28)14-20-25-22(29)21-18-4-2-3-5-19(18)30-23(21)26-20/h6-9,15H,2-5,10-14H2,1H3,(H,25,26,29)/t15-/m1/s1. The van der Waals surface area contributed by atoms with E-state index in [0.717, 1.165) is 60.6 Å². The molecule has 0 saturated carbocycles. The number of piperazine rings is 1. The fraction of sp³-hybridized carbons (Fsp3) is 0.478. The molecule has 2 aromatic heterocycles. The van der Waals surface area contributed by atoms with Crippen LogP contribution in [0.15, 0.2) is 29.1 Å². The summed E-state index contributed by atoms with van der Waals surface area (Å²) in [6, 6.07) is 7.07. The molecule has 158 valence electrons. The van der Waals surface area contributed by atoms with E-state index in [1.165, 1.54) is 35.4 Å². The molecule has 1 fully saturated rings. The SMILES string of the molecule is C[C@H](c1ccc(F)cc1)N1CCN(Cc2nc3sc4c(c3c(=O)[nH]2)CCCC4)CC1. The molecule has 5 rings (SSSR count). The van der Waals surface area contributed by atoms with E-state index in [2.05, 4.69) is 21.7 Å². The topological polar surface area (TPSA) is 52.2 Å². The fourth-order valence-corrected chi connectivity index (χ4v) is 6.04. The lowest BCUT2D eigenvalue weighted by Crippen LogP contribution is -2.46. The third kappa shape index (κ3) is 3.82. The van der Waals surface area contributed by atoms with Crippen LogP contribution < -0.4 is 5.56 Å². The van der Waals surface area contributed by atoms with Gasteiger partial charge < -0.3 is 4.98 Å². The smallest absolute Gasteiger partial charge is 0.259 e. The summed E-state index contributed by atoms with van der Waals surface area (Å²) in [6.45, 7) is 6.58. The summed E-state index contributed by atoms with van der Waals surface area (Å²) in [4.78, 5) is 27.7. The Bertz CT molecular complexity index is 1100. The first-order valence-corrected chi connectivity index (χ1v) is 11.7. The Morgan fingerprint density at radius 1 is 1.13 bits per heavy atom. The molecule has 1 aliphatic heterocycles. The molecule has 30 heavy (non-hydrogen) atoms. The third-order valence-electron chi connectivity index (χ3n) is 6.55. The summed E-state index contributed by atoms with van der Waals surface area (Å²) in [6.07, 6.45) is 4.47. The van der Waals surface area contributed by atoms with Gasteiger partial charge >= 0.3 is 0 Å². The van der Waals surface area contributed by atoms with Crippen LogP contribution in [0.4, 0.5) is 4.39 Å². The molecule has 0 bridgehead atoms. The van der Waals surface area contributed by atoms with Gasteiger partial charge in [0.1, 0.15) is 16.5 Å². The minimum absolute atomic E-state index is 0.0259. The van der Waals surface area contributed by atoms with E-state index in [-0.39, 0.29) is 17.4 Å². The average molecular weight is 427 g/mol. The number of thiophene rings is 1. The van der Waals surface area contributed by atoms with Gasteiger partial charge in [-0.15, -0.1) is 11.3 Å². The van der Waals surface area contributed by atoms with Crippen LogP contribution >= 0.6 is 11.3 Å². The second-order valence-electron chi connectivity index (χ2n) is 8.44. The first-order valence-electron chi connectivity index (χ1n) is 10.8. The van der Waals surface area contributed by atoms with Crippen molar-refractivity contribution in [3.8, 4) is 0 Å². The van der Waals surface area contributed by atoms with Crippen LogP contribution in [0, 0.1) is 5.82 Å². The molecule has 5 nitrogen and oxygen atoms in total. The highest BCUT2D eigenvalue weighted by atomic mass is 32.1. The Morgan fingerprint density at radius 2 is 1.87 bits per heavy atom. The molecular weight excluding hydrogens is 399 g/mol. The Morgan fingerprint density at radius 3 is 2.63 bits per heavy atom. The molecule has 3 aromatic rings. The predicted molar refractivity (Wildman–Crippen MR) is 119 cm³/mol. The summed E-state index contributed by atoms with van der Waals surface area (Å²) in [7, 11) is 0. The predicted octanol–water partition coefficient (Wildman–Crippen LogP) is 3.88. The molecule has 1 aromatic carbocycles. The number of aromatic amines is 1. The van der Waals surface area contributed by atoms with Gasteiger partial charge in [-0.1, -0.05) is 12.1 Å². The van der Waals surface area contributed by atoms with Crippen molar-refractivity contribution in [3.63, 3.8) is 0 Å². The van der Waals surface area contributed by atoms with Crippen LogP contribution in [-0.2, 0) is 19.4 Å². The maximum atomic E-state index is 13.2. The van der Waals surface area contributed by atoms with Gasteiger partial charge in [-0.05, 0) is 55.9 Å². The number of H-pyrrole nitrogens is 1. The zero-order valence-electron chi connectivity index (χ0n) is 17.3. The maximum absolute atomic E-state index is 13.2. The van der Waals surface area contributed by atoms with Gasteiger partial charge in [0.25, 0.3) is 5.56 Å². The van der Waals surface area contributed by atoms with Crippen molar-refractivity contribution in [2.45, 2.75) is 45.2 Å². The lowest BCUT2D eigenvalue weighted by molar-refractivity contribution is 0.0962. The zero-order chi connectivity index (χ0) is 20.7. The number of fused-ring (bicyclic) bond motifs is 3. The van der Waals surface area contributed by atoms with Gasteiger partial charge in [-0.3, -0.25) is 14.6 Å². The number of hydrogen-bond acceptors (Lipinski definition) is 5. The van der Waals surface area contributed by atoms with Crippen LogP contribution in [0.1, 0.15) is 47.6 Å². The Kier molecular flexibility index (Phi) is 5.43. The van der Waals surface area contributed by atoms with Crippen molar-refractivity contribution in [2.24, 2.45) is 0 Å². The van der Waals surface area contributed by atoms with E-state index in [9.17, 15) is 9.18 Å². The number of aryl methyl sites for hydroxylation is 2.